The van der Waals surface area contributed by atoms with Gasteiger partial charge >= 0.3 is 0 Å². The summed E-state index contributed by atoms with van der Waals surface area (Å²) in [6, 6.07) is 16.0. The van der Waals surface area contributed by atoms with E-state index in [1.54, 1.807) is 18.9 Å². The van der Waals surface area contributed by atoms with Crippen LogP contribution in [0.1, 0.15) is 56.4 Å². The van der Waals surface area contributed by atoms with Crippen molar-refractivity contribution < 1.29 is 9.59 Å². The molecule has 1 N–H and O–H groups in total. The zero-order valence-electron chi connectivity index (χ0n) is 18.6. The molecule has 0 spiro atoms. The average molecular weight is 395 g/mol. The number of nitrogens with zero attached hydrogens (tertiary/aromatic N) is 1. The lowest BCUT2D eigenvalue weighted by Gasteiger charge is -2.28. The van der Waals surface area contributed by atoms with E-state index in [1.807, 2.05) is 31.2 Å². The fourth-order valence-corrected chi connectivity index (χ4v) is 3.25. The van der Waals surface area contributed by atoms with Crippen LogP contribution in [0.25, 0.3) is 0 Å². The Kier molecular flexibility index (Phi) is 7.60. The minimum Gasteiger partial charge on any atom is -0.357 e. The van der Waals surface area contributed by atoms with Crippen molar-refractivity contribution in [2.75, 3.05) is 7.05 Å². The fraction of sp³-hybridized carbons (Fsp3) is 0.440. The highest BCUT2D eigenvalue weighted by atomic mass is 16.2. The molecule has 4 nitrogen and oxygen atoms in total. The number of benzene rings is 2. The number of carbonyl (C=O) groups is 2. The van der Waals surface area contributed by atoms with Crippen LogP contribution in [0.3, 0.4) is 0 Å². The Morgan fingerprint density at radius 1 is 0.966 bits per heavy atom. The second-order valence-electron chi connectivity index (χ2n) is 8.74. The lowest BCUT2D eigenvalue weighted by molar-refractivity contribution is -0.140. The van der Waals surface area contributed by atoms with E-state index in [1.165, 1.54) is 11.1 Å². The number of amides is 2. The molecule has 2 aromatic carbocycles. The number of likely N-dealkylation sites (N-methyl/N-ethyl adjacent to an activating group) is 1. The minimum absolute atomic E-state index is 0.0124. The predicted octanol–water partition coefficient (Wildman–Crippen LogP) is 4.39. The Morgan fingerprint density at radius 2 is 1.52 bits per heavy atom. The van der Waals surface area contributed by atoms with E-state index in [-0.39, 0.29) is 17.2 Å². The monoisotopic (exact) mass is 394 g/mol. The summed E-state index contributed by atoms with van der Waals surface area (Å²) in [5.41, 5.74) is 4.72. The molecule has 2 aromatic rings. The third kappa shape index (κ3) is 6.45. The largest absolute Gasteiger partial charge is 0.357 e. The SMILES string of the molecule is CNC(=O)[C@H](C)N(Cc1ccc(C)cc1)C(=O)CCc1ccc(C(C)(C)C)cc1. The molecule has 0 aromatic heterocycles. The second kappa shape index (κ2) is 9.73. The third-order valence-corrected chi connectivity index (χ3v) is 5.33. The van der Waals surface area contributed by atoms with E-state index < -0.39 is 6.04 Å². The molecule has 156 valence electrons. The van der Waals surface area contributed by atoms with E-state index in [4.69, 9.17) is 0 Å². The standard InChI is InChI=1S/C25H34N2O2/c1-18-7-9-21(10-8-18)17-27(19(2)24(29)26-6)23(28)16-13-20-11-14-22(15-12-20)25(3,4)5/h7-12,14-15,19H,13,16-17H2,1-6H3,(H,26,29)/t19-/m0/s1. The van der Waals surface area contributed by atoms with Crippen molar-refractivity contribution in [1.29, 1.82) is 0 Å². The number of hydrogen-bond acceptors (Lipinski definition) is 2. The Bertz CT molecular complexity index is 817. The van der Waals surface area contributed by atoms with E-state index in [0.717, 1.165) is 11.1 Å². The molecular formula is C25H34N2O2. The molecule has 0 unspecified atom stereocenters. The highest BCUT2D eigenvalue weighted by Gasteiger charge is 2.25. The van der Waals surface area contributed by atoms with Gasteiger partial charge in [0.05, 0.1) is 0 Å². The molecule has 0 saturated heterocycles. The van der Waals surface area contributed by atoms with Crippen molar-refractivity contribution in [3.8, 4) is 0 Å². The number of carbonyl (C=O) groups excluding carboxylic acids is 2. The van der Waals surface area contributed by atoms with Gasteiger partial charge in [-0.25, -0.2) is 0 Å². The van der Waals surface area contributed by atoms with Crippen LogP contribution in [0.2, 0.25) is 0 Å². The number of aryl methyl sites for hydroxylation is 2. The molecule has 1 atom stereocenters. The van der Waals surface area contributed by atoms with Gasteiger partial charge in [0.2, 0.25) is 11.8 Å². The highest BCUT2D eigenvalue weighted by Crippen LogP contribution is 2.22. The van der Waals surface area contributed by atoms with Gasteiger partial charge in [0.25, 0.3) is 0 Å². The quantitative estimate of drug-likeness (QED) is 0.757. The van der Waals surface area contributed by atoms with Gasteiger partial charge in [-0.05, 0) is 42.4 Å². The molecule has 0 bridgehead atoms. The fourth-order valence-electron chi connectivity index (χ4n) is 3.25. The maximum absolute atomic E-state index is 13.0. The van der Waals surface area contributed by atoms with Gasteiger partial charge in [-0.3, -0.25) is 9.59 Å². The first kappa shape index (κ1) is 22.7. The van der Waals surface area contributed by atoms with Crippen molar-refractivity contribution in [3.05, 3.63) is 70.8 Å². The maximum atomic E-state index is 13.0. The number of nitrogens with one attached hydrogen (secondary N) is 1. The lowest BCUT2D eigenvalue weighted by Crippen LogP contribution is -2.46. The topological polar surface area (TPSA) is 49.4 Å². The van der Waals surface area contributed by atoms with Crippen LogP contribution in [0.4, 0.5) is 0 Å². The molecule has 4 heteroatoms. The summed E-state index contributed by atoms with van der Waals surface area (Å²) in [5, 5.41) is 2.66. The van der Waals surface area contributed by atoms with Crippen LogP contribution in [-0.2, 0) is 28.0 Å². The molecule has 0 radical (unpaired) electrons. The summed E-state index contributed by atoms with van der Waals surface area (Å²) in [7, 11) is 1.60. The van der Waals surface area contributed by atoms with Gasteiger partial charge in [-0.1, -0.05) is 74.9 Å². The smallest absolute Gasteiger partial charge is 0.242 e. The molecule has 29 heavy (non-hydrogen) atoms. The van der Waals surface area contributed by atoms with E-state index in [9.17, 15) is 9.59 Å². The highest BCUT2D eigenvalue weighted by molar-refractivity contribution is 5.87. The van der Waals surface area contributed by atoms with Gasteiger partial charge < -0.3 is 10.2 Å². The van der Waals surface area contributed by atoms with Crippen LogP contribution >= 0.6 is 0 Å². The average Bonchev–Trinajstić information content (AvgIpc) is 2.70. The minimum atomic E-state index is -0.517. The molecule has 0 fully saturated rings. The number of hydrogen-bond donors (Lipinski definition) is 1. The van der Waals surface area contributed by atoms with Gasteiger partial charge in [0, 0.05) is 20.0 Å². The Balaban J connectivity index is 2.10. The van der Waals surface area contributed by atoms with Crippen molar-refractivity contribution in [2.45, 2.75) is 65.5 Å². The zero-order valence-corrected chi connectivity index (χ0v) is 18.6. The van der Waals surface area contributed by atoms with Gasteiger partial charge in [-0.2, -0.15) is 0 Å². The summed E-state index contributed by atoms with van der Waals surface area (Å²) in [5.74, 6) is -0.165. The molecule has 2 rings (SSSR count). The molecule has 0 aliphatic rings. The summed E-state index contributed by atoms with van der Waals surface area (Å²) in [6.45, 7) is 10.8. The molecule has 0 saturated carbocycles. The number of rotatable bonds is 7. The Morgan fingerprint density at radius 3 is 2.03 bits per heavy atom. The normalized spacial score (nSPS) is 12.3. The molecule has 0 aliphatic heterocycles. The van der Waals surface area contributed by atoms with E-state index in [0.29, 0.717) is 19.4 Å². The summed E-state index contributed by atoms with van der Waals surface area (Å²) in [4.78, 5) is 26.9. The molecular weight excluding hydrogens is 360 g/mol. The first-order valence-corrected chi connectivity index (χ1v) is 10.3. The van der Waals surface area contributed by atoms with Crippen LogP contribution < -0.4 is 5.32 Å². The lowest BCUT2D eigenvalue weighted by atomic mass is 9.86. The van der Waals surface area contributed by atoms with Gasteiger partial charge in [0.15, 0.2) is 0 Å². The predicted molar refractivity (Wildman–Crippen MR) is 119 cm³/mol. The van der Waals surface area contributed by atoms with Crippen LogP contribution in [0, 0.1) is 6.92 Å². The second-order valence-corrected chi connectivity index (χ2v) is 8.74. The van der Waals surface area contributed by atoms with Gasteiger partial charge in [0.1, 0.15) is 6.04 Å². The molecule has 2 amide bonds. The Labute approximate surface area is 175 Å². The maximum Gasteiger partial charge on any atom is 0.242 e. The zero-order chi connectivity index (χ0) is 21.6. The summed E-state index contributed by atoms with van der Waals surface area (Å²) in [6.07, 6.45) is 1.04. The first-order valence-electron chi connectivity index (χ1n) is 10.3. The van der Waals surface area contributed by atoms with Crippen LogP contribution in [0.5, 0.6) is 0 Å². The third-order valence-electron chi connectivity index (χ3n) is 5.33. The van der Waals surface area contributed by atoms with Crippen LogP contribution in [0.15, 0.2) is 48.5 Å². The summed E-state index contributed by atoms with van der Waals surface area (Å²) < 4.78 is 0. The van der Waals surface area contributed by atoms with Crippen molar-refractivity contribution in [1.82, 2.24) is 10.2 Å². The first-order chi connectivity index (χ1) is 13.6. The van der Waals surface area contributed by atoms with Crippen molar-refractivity contribution in [2.24, 2.45) is 0 Å². The van der Waals surface area contributed by atoms with Crippen molar-refractivity contribution >= 4 is 11.8 Å². The Hall–Kier alpha value is -2.62. The molecule has 0 heterocycles. The van der Waals surface area contributed by atoms with Gasteiger partial charge in [-0.15, -0.1) is 0 Å². The van der Waals surface area contributed by atoms with E-state index in [2.05, 4.69) is 50.4 Å². The van der Waals surface area contributed by atoms with E-state index >= 15 is 0 Å². The molecule has 0 aliphatic carbocycles. The van der Waals surface area contributed by atoms with Crippen molar-refractivity contribution in [3.63, 3.8) is 0 Å². The van der Waals surface area contributed by atoms with Crippen LogP contribution in [-0.4, -0.2) is 29.8 Å². The summed E-state index contributed by atoms with van der Waals surface area (Å²) >= 11 is 0.